The van der Waals surface area contributed by atoms with Gasteiger partial charge in [-0.3, -0.25) is 0 Å². The highest BCUT2D eigenvalue weighted by atomic mass is 127. The molecule has 0 aliphatic heterocycles. The van der Waals surface area contributed by atoms with Gasteiger partial charge in [0.25, 0.3) is 6.43 Å². The van der Waals surface area contributed by atoms with Gasteiger partial charge in [-0.2, -0.15) is 0 Å². The molecule has 6 heteroatoms. The normalized spacial score (nSPS) is 10.8. The van der Waals surface area contributed by atoms with E-state index < -0.39 is 6.43 Å². The molecule has 1 aromatic rings. The fraction of sp³-hybridized carbons (Fsp3) is 0.286. The predicted octanol–water partition coefficient (Wildman–Crippen LogP) is 1.66. The van der Waals surface area contributed by atoms with Crippen molar-refractivity contribution in [3.8, 4) is 0 Å². The molecule has 0 atom stereocenters. The zero-order valence-electron chi connectivity index (χ0n) is 6.60. The van der Waals surface area contributed by atoms with Crippen LogP contribution >= 0.6 is 22.6 Å². The Kier molecular flexibility index (Phi) is 3.37. The minimum Gasteiger partial charge on any atom is -0.397 e. The van der Waals surface area contributed by atoms with E-state index in [9.17, 15) is 8.78 Å². The summed E-state index contributed by atoms with van der Waals surface area (Å²) in [7, 11) is 0. The standard InChI is InChI=1S/C7H8F2IN3/c8-7(9)3-1-5(10)13-4(2-11)6(3)12/h1,7H,2,11-12H2. The van der Waals surface area contributed by atoms with Gasteiger partial charge < -0.3 is 11.5 Å². The maximum Gasteiger partial charge on any atom is 0.265 e. The van der Waals surface area contributed by atoms with Gasteiger partial charge in [0.05, 0.1) is 11.4 Å². The van der Waals surface area contributed by atoms with Gasteiger partial charge in [0, 0.05) is 12.1 Å². The van der Waals surface area contributed by atoms with Gasteiger partial charge in [0.15, 0.2) is 0 Å². The molecule has 1 heterocycles. The second-order valence-electron chi connectivity index (χ2n) is 2.40. The van der Waals surface area contributed by atoms with E-state index in [-0.39, 0.29) is 17.8 Å². The number of nitrogens with two attached hydrogens (primary N) is 2. The van der Waals surface area contributed by atoms with Crippen LogP contribution in [0.5, 0.6) is 0 Å². The van der Waals surface area contributed by atoms with Gasteiger partial charge in [0.1, 0.15) is 3.70 Å². The number of pyridine rings is 1. The number of nitrogens with zero attached hydrogens (tertiary/aromatic N) is 1. The maximum absolute atomic E-state index is 12.4. The molecule has 0 amide bonds. The Morgan fingerprint density at radius 1 is 1.54 bits per heavy atom. The monoisotopic (exact) mass is 299 g/mol. The summed E-state index contributed by atoms with van der Waals surface area (Å²) in [6.07, 6.45) is -2.58. The molecule has 72 valence electrons. The van der Waals surface area contributed by atoms with Gasteiger partial charge in [-0.1, -0.05) is 0 Å². The first kappa shape index (κ1) is 10.6. The molecule has 1 rings (SSSR count). The fourth-order valence-corrected chi connectivity index (χ4v) is 1.56. The number of nitrogen functional groups attached to an aromatic ring is 1. The van der Waals surface area contributed by atoms with Crippen LogP contribution in [0.3, 0.4) is 0 Å². The van der Waals surface area contributed by atoms with E-state index in [1.54, 1.807) is 0 Å². The van der Waals surface area contributed by atoms with Crippen molar-refractivity contribution in [1.82, 2.24) is 4.98 Å². The molecule has 0 aliphatic rings. The first-order valence-corrected chi connectivity index (χ1v) is 4.57. The molecule has 0 radical (unpaired) electrons. The van der Waals surface area contributed by atoms with Crippen LogP contribution in [0.15, 0.2) is 6.07 Å². The minimum absolute atomic E-state index is 0.00193. The van der Waals surface area contributed by atoms with Crippen molar-refractivity contribution in [2.24, 2.45) is 5.73 Å². The van der Waals surface area contributed by atoms with Crippen molar-refractivity contribution in [3.05, 3.63) is 21.0 Å². The number of alkyl halides is 2. The maximum atomic E-state index is 12.4. The van der Waals surface area contributed by atoms with Crippen LogP contribution in [0.1, 0.15) is 17.7 Å². The number of aromatic nitrogens is 1. The van der Waals surface area contributed by atoms with Crippen molar-refractivity contribution >= 4 is 28.3 Å². The molecule has 0 aliphatic carbocycles. The average molecular weight is 299 g/mol. The molecular weight excluding hydrogens is 291 g/mol. The molecule has 1 aromatic heterocycles. The third-order valence-corrected chi connectivity index (χ3v) is 2.12. The molecule has 0 spiro atoms. The lowest BCUT2D eigenvalue weighted by Crippen LogP contribution is -2.08. The molecule has 0 fully saturated rings. The molecule has 0 saturated carbocycles. The van der Waals surface area contributed by atoms with Crippen LogP contribution in [0.2, 0.25) is 0 Å². The van der Waals surface area contributed by atoms with Crippen LogP contribution in [0.25, 0.3) is 0 Å². The quantitative estimate of drug-likeness (QED) is 0.645. The van der Waals surface area contributed by atoms with E-state index in [0.29, 0.717) is 9.39 Å². The molecule has 0 unspecified atom stereocenters. The molecule has 4 N–H and O–H groups in total. The van der Waals surface area contributed by atoms with E-state index in [0.717, 1.165) is 0 Å². The Hall–Kier alpha value is -0.500. The number of hydrogen-bond donors (Lipinski definition) is 2. The van der Waals surface area contributed by atoms with Crippen molar-refractivity contribution in [2.45, 2.75) is 13.0 Å². The largest absolute Gasteiger partial charge is 0.397 e. The van der Waals surface area contributed by atoms with Gasteiger partial charge >= 0.3 is 0 Å². The molecular formula is C7H8F2IN3. The fourth-order valence-electron chi connectivity index (χ4n) is 0.930. The Morgan fingerprint density at radius 3 is 2.62 bits per heavy atom. The molecule has 0 bridgehead atoms. The number of halogens is 3. The van der Waals surface area contributed by atoms with E-state index in [1.807, 2.05) is 22.6 Å². The smallest absolute Gasteiger partial charge is 0.265 e. The van der Waals surface area contributed by atoms with Crippen LogP contribution in [-0.4, -0.2) is 4.98 Å². The summed E-state index contributed by atoms with van der Waals surface area (Å²) in [5.74, 6) is 0. The summed E-state index contributed by atoms with van der Waals surface area (Å²) >= 11 is 1.85. The van der Waals surface area contributed by atoms with Crippen LogP contribution < -0.4 is 11.5 Å². The zero-order valence-corrected chi connectivity index (χ0v) is 8.76. The lowest BCUT2D eigenvalue weighted by Gasteiger charge is -2.08. The summed E-state index contributed by atoms with van der Waals surface area (Å²) in [5, 5.41) is 0. The van der Waals surface area contributed by atoms with Crippen molar-refractivity contribution in [3.63, 3.8) is 0 Å². The number of hydrogen-bond acceptors (Lipinski definition) is 3. The molecule has 13 heavy (non-hydrogen) atoms. The Morgan fingerprint density at radius 2 is 2.15 bits per heavy atom. The van der Waals surface area contributed by atoms with E-state index in [4.69, 9.17) is 11.5 Å². The third-order valence-electron chi connectivity index (χ3n) is 1.57. The van der Waals surface area contributed by atoms with Crippen LogP contribution in [0, 0.1) is 3.70 Å². The third kappa shape index (κ3) is 2.25. The van der Waals surface area contributed by atoms with Crippen molar-refractivity contribution < 1.29 is 8.78 Å². The number of anilines is 1. The summed E-state index contributed by atoms with van der Waals surface area (Å²) in [4.78, 5) is 3.94. The van der Waals surface area contributed by atoms with Crippen molar-refractivity contribution in [1.29, 1.82) is 0 Å². The van der Waals surface area contributed by atoms with Gasteiger partial charge in [0.2, 0.25) is 0 Å². The zero-order chi connectivity index (χ0) is 10.0. The SMILES string of the molecule is NCc1nc(I)cc(C(F)F)c1N. The lowest BCUT2D eigenvalue weighted by molar-refractivity contribution is 0.152. The van der Waals surface area contributed by atoms with E-state index in [2.05, 4.69) is 4.98 Å². The van der Waals surface area contributed by atoms with Crippen LogP contribution in [-0.2, 0) is 6.54 Å². The first-order chi connectivity index (χ1) is 6.06. The van der Waals surface area contributed by atoms with Gasteiger partial charge in [-0.05, 0) is 28.7 Å². The summed E-state index contributed by atoms with van der Waals surface area (Å²) < 4.78 is 25.2. The Labute approximate surface area is 87.7 Å². The first-order valence-electron chi connectivity index (χ1n) is 3.49. The topological polar surface area (TPSA) is 64.9 Å². The van der Waals surface area contributed by atoms with Gasteiger partial charge in [-0.15, -0.1) is 0 Å². The second kappa shape index (κ2) is 4.14. The molecule has 0 saturated heterocycles. The predicted molar refractivity (Wildman–Crippen MR) is 54.2 cm³/mol. The van der Waals surface area contributed by atoms with Gasteiger partial charge in [-0.25, -0.2) is 13.8 Å². The highest BCUT2D eigenvalue weighted by molar-refractivity contribution is 14.1. The van der Waals surface area contributed by atoms with Crippen molar-refractivity contribution in [2.75, 3.05) is 5.73 Å². The molecule has 0 aromatic carbocycles. The lowest BCUT2D eigenvalue weighted by atomic mass is 10.2. The average Bonchev–Trinajstić information content (AvgIpc) is 2.08. The summed E-state index contributed by atoms with van der Waals surface area (Å²) in [6.45, 7) is 0.0718. The number of rotatable bonds is 2. The second-order valence-corrected chi connectivity index (χ2v) is 3.50. The van der Waals surface area contributed by atoms with E-state index >= 15 is 0 Å². The summed E-state index contributed by atoms with van der Waals surface area (Å²) in [5.41, 5.74) is 10.9. The van der Waals surface area contributed by atoms with Crippen LogP contribution in [0.4, 0.5) is 14.5 Å². The Balaban J connectivity index is 3.27. The summed E-state index contributed by atoms with van der Waals surface area (Å²) in [6, 6.07) is 1.26. The molecule has 3 nitrogen and oxygen atoms in total. The highest BCUT2D eigenvalue weighted by Gasteiger charge is 2.15. The minimum atomic E-state index is -2.58. The Bertz CT molecular complexity index is 317. The van der Waals surface area contributed by atoms with E-state index in [1.165, 1.54) is 6.07 Å². The highest BCUT2D eigenvalue weighted by Crippen LogP contribution is 2.27.